The molecule has 3 nitrogen and oxygen atoms in total. The van der Waals surface area contributed by atoms with E-state index in [9.17, 15) is 4.79 Å². The van der Waals surface area contributed by atoms with Crippen LogP contribution in [0, 0.1) is 5.92 Å². The predicted molar refractivity (Wildman–Crippen MR) is 44.1 cm³/mol. The maximum atomic E-state index is 10.5. The van der Waals surface area contributed by atoms with Gasteiger partial charge in [0.1, 0.15) is 0 Å². The Balaban J connectivity index is 2.17. The van der Waals surface area contributed by atoms with Crippen LogP contribution in [0.5, 0.6) is 0 Å². The van der Waals surface area contributed by atoms with Gasteiger partial charge in [-0.2, -0.15) is 0 Å². The summed E-state index contributed by atoms with van der Waals surface area (Å²) >= 11 is 0. The summed E-state index contributed by atoms with van der Waals surface area (Å²) in [5.74, 6) is 0.854. The van der Waals surface area contributed by atoms with Gasteiger partial charge in [0.15, 0.2) is 0 Å². The molecule has 1 fully saturated rings. The van der Waals surface area contributed by atoms with E-state index in [1.165, 1.54) is 12.8 Å². The van der Waals surface area contributed by atoms with Crippen molar-refractivity contribution in [2.45, 2.75) is 38.6 Å². The lowest BCUT2D eigenvalue weighted by Crippen LogP contribution is -2.38. The van der Waals surface area contributed by atoms with Gasteiger partial charge in [0.25, 0.3) is 0 Å². The molecule has 1 rings (SSSR count). The predicted octanol–water partition coefficient (Wildman–Crippen LogP) is 1.23. The van der Waals surface area contributed by atoms with Crippen LogP contribution in [0.3, 0.4) is 0 Å². The van der Waals surface area contributed by atoms with Crippen LogP contribution >= 0.6 is 0 Å². The normalized spacial score (nSPS) is 19.4. The minimum absolute atomic E-state index is 0.306. The molecular formula is C8H16N2O. The third kappa shape index (κ3) is 3.25. The molecule has 1 aliphatic rings. The van der Waals surface area contributed by atoms with Gasteiger partial charge in [-0.25, -0.2) is 4.79 Å². The van der Waals surface area contributed by atoms with Gasteiger partial charge >= 0.3 is 6.03 Å². The molecule has 0 radical (unpaired) electrons. The Labute approximate surface area is 67.3 Å². The van der Waals surface area contributed by atoms with E-state index in [1.807, 2.05) is 0 Å². The van der Waals surface area contributed by atoms with Gasteiger partial charge in [-0.15, -0.1) is 0 Å². The first kappa shape index (κ1) is 8.37. The Kier molecular flexibility index (Phi) is 2.74. The van der Waals surface area contributed by atoms with Crippen LogP contribution in [0.25, 0.3) is 0 Å². The lowest BCUT2D eigenvalue weighted by atomic mass is 10.1. The molecular weight excluding hydrogens is 140 g/mol. The second-order valence-corrected chi connectivity index (χ2v) is 3.29. The smallest absolute Gasteiger partial charge is 0.312 e. The fourth-order valence-electron chi connectivity index (χ4n) is 1.28. The van der Waals surface area contributed by atoms with Gasteiger partial charge in [-0.3, -0.25) is 0 Å². The van der Waals surface area contributed by atoms with Crippen molar-refractivity contribution >= 4 is 6.03 Å². The maximum absolute atomic E-state index is 10.5. The summed E-state index contributed by atoms with van der Waals surface area (Å²) in [5, 5.41) is 2.74. The van der Waals surface area contributed by atoms with Crippen molar-refractivity contribution in [1.82, 2.24) is 5.32 Å². The number of rotatable bonds is 4. The molecule has 2 amide bonds. The molecule has 3 heteroatoms. The topological polar surface area (TPSA) is 55.1 Å². The molecule has 0 aliphatic heterocycles. The first-order chi connectivity index (χ1) is 5.22. The van der Waals surface area contributed by atoms with Crippen molar-refractivity contribution in [3.05, 3.63) is 0 Å². The summed E-state index contributed by atoms with van der Waals surface area (Å²) in [6.07, 6.45) is 4.76. The van der Waals surface area contributed by atoms with Crippen molar-refractivity contribution in [1.29, 1.82) is 0 Å². The van der Waals surface area contributed by atoms with E-state index in [0.717, 1.165) is 18.8 Å². The fourth-order valence-corrected chi connectivity index (χ4v) is 1.28. The highest BCUT2D eigenvalue weighted by molar-refractivity contribution is 5.71. The number of urea groups is 1. The molecule has 1 atom stereocenters. The van der Waals surface area contributed by atoms with Crippen LogP contribution in [-0.4, -0.2) is 12.1 Å². The Morgan fingerprint density at radius 2 is 2.36 bits per heavy atom. The van der Waals surface area contributed by atoms with Crippen molar-refractivity contribution in [2.75, 3.05) is 0 Å². The molecule has 0 bridgehead atoms. The first-order valence-corrected chi connectivity index (χ1v) is 4.28. The fraction of sp³-hybridized carbons (Fsp3) is 0.875. The molecule has 0 heterocycles. The molecule has 0 aromatic carbocycles. The first-order valence-electron chi connectivity index (χ1n) is 4.28. The van der Waals surface area contributed by atoms with Crippen molar-refractivity contribution in [3.8, 4) is 0 Å². The van der Waals surface area contributed by atoms with Gasteiger partial charge in [0.05, 0.1) is 0 Å². The van der Waals surface area contributed by atoms with Gasteiger partial charge in [0, 0.05) is 6.04 Å². The third-order valence-electron chi connectivity index (χ3n) is 2.15. The average Bonchev–Trinajstić information content (AvgIpc) is 2.69. The van der Waals surface area contributed by atoms with E-state index in [2.05, 4.69) is 12.2 Å². The highest BCUT2D eigenvalue weighted by atomic mass is 16.2. The van der Waals surface area contributed by atoms with Crippen molar-refractivity contribution in [2.24, 2.45) is 11.7 Å². The van der Waals surface area contributed by atoms with Gasteiger partial charge in [-0.1, -0.05) is 19.8 Å². The third-order valence-corrected chi connectivity index (χ3v) is 2.15. The monoisotopic (exact) mass is 156 g/mol. The molecule has 0 aromatic heterocycles. The minimum atomic E-state index is -0.391. The number of carbonyl (C=O) groups is 1. The van der Waals surface area contributed by atoms with E-state index in [1.54, 1.807) is 0 Å². The van der Waals surface area contributed by atoms with Gasteiger partial charge in [-0.05, 0) is 18.8 Å². The van der Waals surface area contributed by atoms with E-state index < -0.39 is 6.03 Å². The number of nitrogens with two attached hydrogens (primary N) is 1. The molecule has 1 aliphatic carbocycles. The zero-order valence-corrected chi connectivity index (χ0v) is 6.97. The zero-order chi connectivity index (χ0) is 8.27. The molecule has 0 saturated heterocycles. The van der Waals surface area contributed by atoms with Crippen LogP contribution in [0.2, 0.25) is 0 Å². The Morgan fingerprint density at radius 1 is 1.73 bits per heavy atom. The van der Waals surface area contributed by atoms with Crippen molar-refractivity contribution in [3.63, 3.8) is 0 Å². The Hall–Kier alpha value is -0.730. The number of hydrogen-bond acceptors (Lipinski definition) is 1. The lowest BCUT2D eigenvalue weighted by Gasteiger charge is -2.14. The lowest BCUT2D eigenvalue weighted by molar-refractivity contribution is 0.243. The zero-order valence-electron chi connectivity index (χ0n) is 6.97. The van der Waals surface area contributed by atoms with Crippen LogP contribution in [0.15, 0.2) is 0 Å². The molecule has 1 saturated carbocycles. The second kappa shape index (κ2) is 3.60. The summed E-state index contributed by atoms with van der Waals surface area (Å²) < 4.78 is 0. The van der Waals surface area contributed by atoms with E-state index in [-0.39, 0.29) is 0 Å². The van der Waals surface area contributed by atoms with E-state index in [0.29, 0.717) is 6.04 Å². The van der Waals surface area contributed by atoms with Crippen LogP contribution in [-0.2, 0) is 0 Å². The number of primary amides is 1. The van der Waals surface area contributed by atoms with Crippen LogP contribution in [0.4, 0.5) is 4.79 Å². The van der Waals surface area contributed by atoms with Crippen LogP contribution in [0.1, 0.15) is 32.6 Å². The highest BCUT2D eigenvalue weighted by Gasteiger charge is 2.24. The molecule has 11 heavy (non-hydrogen) atoms. The summed E-state index contributed by atoms with van der Waals surface area (Å²) in [4.78, 5) is 10.5. The van der Waals surface area contributed by atoms with Crippen LogP contribution < -0.4 is 11.1 Å². The van der Waals surface area contributed by atoms with E-state index in [4.69, 9.17) is 5.73 Å². The summed E-state index contributed by atoms with van der Waals surface area (Å²) in [7, 11) is 0. The summed E-state index contributed by atoms with van der Waals surface area (Å²) in [6, 6.07) is -0.0856. The average molecular weight is 156 g/mol. The number of hydrogen-bond donors (Lipinski definition) is 2. The minimum Gasteiger partial charge on any atom is -0.352 e. The SMILES string of the molecule is CCC(CC1CC1)NC(N)=O. The quantitative estimate of drug-likeness (QED) is 0.632. The Bertz CT molecular complexity index is 143. The number of carbonyl (C=O) groups excluding carboxylic acids is 1. The second-order valence-electron chi connectivity index (χ2n) is 3.29. The largest absolute Gasteiger partial charge is 0.352 e. The Morgan fingerprint density at radius 3 is 2.73 bits per heavy atom. The van der Waals surface area contributed by atoms with E-state index >= 15 is 0 Å². The number of amides is 2. The molecule has 0 spiro atoms. The molecule has 3 N–H and O–H groups in total. The molecule has 64 valence electrons. The van der Waals surface area contributed by atoms with Crippen molar-refractivity contribution < 1.29 is 4.79 Å². The molecule has 0 aromatic rings. The highest BCUT2D eigenvalue weighted by Crippen LogP contribution is 2.33. The van der Waals surface area contributed by atoms with Gasteiger partial charge in [0.2, 0.25) is 0 Å². The summed E-state index contributed by atoms with van der Waals surface area (Å²) in [6.45, 7) is 2.07. The summed E-state index contributed by atoms with van der Waals surface area (Å²) in [5.41, 5.74) is 5.02. The number of nitrogens with one attached hydrogen (secondary N) is 1. The maximum Gasteiger partial charge on any atom is 0.312 e. The standard InChI is InChI=1S/C8H16N2O/c1-2-7(10-8(9)11)5-6-3-4-6/h6-7H,2-5H2,1H3,(H3,9,10,11). The molecule has 1 unspecified atom stereocenters. The van der Waals surface area contributed by atoms with Gasteiger partial charge < -0.3 is 11.1 Å².